The Labute approximate surface area is 191 Å². The molecule has 0 atom stereocenters. The topological polar surface area (TPSA) is 136 Å². The van der Waals surface area contributed by atoms with E-state index in [4.69, 9.17) is 8.92 Å². The predicted molar refractivity (Wildman–Crippen MR) is 122 cm³/mol. The minimum absolute atomic E-state index is 0.155. The smallest absolute Gasteiger partial charge is 0.319 e. The summed E-state index contributed by atoms with van der Waals surface area (Å²) < 4.78 is 32.7. The Morgan fingerprint density at radius 2 is 1.61 bits per heavy atom. The molecule has 11 heteroatoms. The van der Waals surface area contributed by atoms with Crippen molar-refractivity contribution in [1.82, 2.24) is 15.6 Å². The van der Waals surface area contributed by atoms with Gasteiger partial charge in [-0.15, -0.1) is 0 Å². The van der Waals surface area contributed by atoms with E-state index in [2.05, 4.69) is 20.9 Å². The molecular weight excluding hydrogens is 448 g/mol. The standard InChI is InChI=1S/C22H22N4O6S/c1-23-21(27)20-13-19(11-12-24-20)31-17-7-3-15(4-8-17)14-25-22(28)26-16-5-9-18(10-6-16)32-33(2,29)30/h3-13H,14H2,1-2H3,(H,23,27)(H2,25,26,28). The zero-order valence-corrected chi connectivity index (χ0v) is 18.7. The van der Waals surface area contributed by atoms with E-state index in [9.17, 15) is 18.0 Å². The van der Waals surface area contributed by atoms with Gasteiger partial charge < -0.3 is 24.9 Å². The SMILES string of the molecule is CNC(=O)c1cc(Oc2ccc(CNC(=O)Nc3ccc(OS(C)(=O)=O)cc3)cc2)ccn1. The van der Waals surface area contributed by atoms with Gasteiger partial charge in [-0.2, -0.15) is 8.42 Å². The zero-order valence-electron chi connectivity index (χ0n) is 17.9. The van der Waals surface area contributed by atoms with Gasteiger partial charge in [-0.25, -0.2) is 4.79 Å². The van der Waals surface area contributed by atoms with Gasteiger partial charge in [-0.3, -0.25) is 9.78 Å². The molecule has 3 amide bonds. The van der Waals surface area contributed by atoms with Crippen molar-refractivity contribution in [1.29, 1.82) is 0 Å². The van der Waals surface area contributed by atoms with E-state index < -0.39 is 16.1 Å². The van der Waals surface area contributed by atoms with Crippen LogP contribution in [-0.4, -0.2) is 38.6 Å². The van der Waals surface area contributed by atoms with Crippen molar-refractivity contribution in [2.45, 2.75) is 6.54 Å². The second kappa shape index (κ2) is 10.5. The summed E-state index contributed by atoms with van der Waals surface area (Å²) in [6, 6.07) is 15.8. The molecule has 10 nitrogen and oxygen atoms in total. The molecule has 0 saturated carbocycles. The van der Waals surface area contributed by atoms with E-state index in [1.165, 1.54) is 37.5 Å². The fourth-order valence-corrected chi connectivity index (χ4v) is 3.13. The lowest BCUT2D eigenvalue weighted by Gasteiger charge is -2.10. The first-order valence-corrected chi connectivity index (χ1v) is 11.5. The fourth-order valence-electron chi connectivity index (χ4n) is 2.66. The number of nitrogens with one attached hydrogen (secondary N) is 3. The van der Waals surface area contributed by atoms with Crippen molar-refractivity contribution in [3.05, 3.63) is 78.1 Å². The lowest BCUT2D eigenvalue weighted by molar-refractivity contribution is 0.0957. The normalized spacial score (nSPS) is 10.7. The number of aromatic nitrogens is 1. The lowest BCUT2D eigenvalue weighted by Crippen LogP contribution is -2.28. The molecule has 1 heterocycles. The quantitative estimate of drug-likeness (QED) is 0.431. The third-order valence-corrected chi connectivity index (χ3v) is 4.66. The number of rotatable bonds is 8. The van der Waals surface area contributed by atoms with Gasteiger partial charge in [0.2, 0.25) is 0 Å². The van der Waals surface area contributed by atoms with E-state index in [0.29, 0.717) is 17.2 Å². The van der Waals surface area contributed by atoms with E-state index in [1.54, 1.807) is 36.4 Å². The molecule has 0 aliphatic carbocycles. The molecule has 3 aromatic rings. The second-order valence-corrected chi connectivity index (χ2v) is 8.40. The van der Waals surface area contributed by atoms with Crippen LogP contribution in [0.3, 0.4) is 0 Å². The van der Waals surface area contributed by atoms with Crippen LogP contribution >= 0.6 is 0 Å². The summed E-state index contributed by atoms with van der Waals surface area (Å²) in [4.78, 5) is 27.8. The number of pyridine rings is 1. The molecule has 3 rings (SSSR count). The van der Waals surface area contributed by atoms with Crippen LogP contribution in [-0.2, 0) is 16.7 Å². The molecule has 0 saturated heterocycles. The number of amides is 3. The highest BCUT2D eigenvalue weighted by atomic mass is 32.2. The average molecular weight is 471 g/mol. The highest BCUT2D eigenvalue weighted by Gasteiger charge is 2.08. The summed E-state index contributed by atoms with van der Waals surface area (Å²) in [6.07, 6.45) is 2.44. The van der Waals surface area contributed by atoms with Gasteiger partial charge >= 0.3 is 16.1 Å². The van der Waals surface area contributed by atoms with Crippen molar-refractivity contribution >= 4 is 27.7 Å². The molecular formula is C22H22N4O6S. The Bertz CT molecular complexity index is 1230. The number of hydrogen-bond acceptors (Lipinski definition) is 7. The van der Waals surface area contributed by atoms with Crippen molar-refractivity contribution in [3.63, 3.8) is 0 Å². The minimum Gasteiger partial charge on any atom is -0.457 e. The van der Waals surface area contributed by atoms with Crippen LogP contribution in [0.2, 0.25) is 0 Å². The molecule has 1 aromatic heterocycles. The predicted octanol–water partition coefficient (Wildman–Crippen LogP) is 2.89. The summed E-state index contributed by atoms with van der Waals surface area (Å²) in [7, 11) is -2.08. The van der Waals surface area contributed by atoms with Crippen LogP contribution in [0.25, 0.3) is 0 Å². The van der Waals surface area contributed by atoms with Gasteiger partial charge in [0, 0.05) is 31.5 Å². The van der Waals surface area contributed by atoms with E-state index in [-0.39, 0.29) is 23.9 Å². The molecule has 2 aromatic carbocycles. The summed E-state index contributed by atoms with van der Waals surface area (Å²) in [5.74, 6) is 0.885. The first kappa shape index (κ1) is 23.5. The Kier molecular flexibility index (Phi) is 7.46. The number of benzene rings is 2. The zero-order chi connectivity index (χ0) is 23.8. The highest BCUT2D eigenvalue weighted by Crippen LogP contribution is 2.22. The lowest BCUT2D eigenvalue weighted by atomic mass is 10.2. The van der Waals surface area contributed by atoms with Crippen LogP contribution < -0.4 is 24.9 Å². The molecule has 0 aliphatic heterocycles. The van der Waals surface area contributed by atoms with Crippen molar-refractivity contribution < 1.29 is 26.9 Å². The minimum atomic E-state index is -3.61. The first-order chi connectivity index (χ1) is 15.7. The molecule has 0 radical (unpaired) electrons. The van der Waals surface area contributed by atoms with Crippen LogP contribution in [0.4, 0.5) is 10.5 Å². The highest BCUT2D eigenvalue weighted by molar-refractivity contribution is 7.86. The van der Waals surface area contributed by atoms with E-state index in [1.807, 2.05) is 0 Å². The van der Waals surface area contributed by atoms with Crippen molar-refractivity contribution in [2.24, 2.45) is 0 Å². The number of hydrogen-bond donors (Lipinski definition) is 3. The molecule has 0 aliphatic rings. The van der Waals surface area contributed by atoms with Gasteiger partial charge in [-0.05, 0) is 48.0 Å². The monoisotopic (exact) mass is 470 g/mol. The van der Waals surface area contributed by atoms with Crippen LogP contribution in [0.15, 0.2) is 66.9 Å². The Morgan fingerprint density at radius 3 is 2.24 bits per heavy atom. The Morgan fingerprint density at radius 1 is 0.939 bits per heavy atom. The van der Waals surface area contributed by atoms with Gasteiger partial charge in [0.1, 0.15) is 22.9 Å². The third-order valence-electron chi connectivity index (χ3n) is 4.16. The van der Waals surface area contributed by atoms with Crippen molar-refractivity contribution in [2.75, 3.05) is 18.6 Å². The summed E-state index contributed by atoms with van der Waals surface area (Å²) in [5.41, 5.74) is 1.57. The Hall–Kier alpha value is -4.12. The largest absolute Gasteiger partial charge is 0.457 e. The number of carbonyl (C=O) groups is 2. The van der Waals surface area contributed by atoms with Gasteiger partial charge in [0.05, 0.1) is 6.26 Å². The van der Waals surface area contributed by atoms with E-state index >= 15 is 0 Å². The number of urea groups is 1. The maximum atomic E-state index is 12.1. The molecule has 172 valence electrons. The maximum absolute atomic E-state index is 12.1. The van der Waals surface area contributed by atoms with Gasteiger partial charge in [-0.1, -0.05) is 12.1 Å². The van der Waals surface area contributed by atoms with Gasteiger partial charge in [0.15, 0.2) is 0 Å². The number of ether oxygens (including phenoxy) is 1. The maximum Gasteiger partial charge on any atom is 0.319 e. The number of carbonyl (C=O) groups excluding carboxylic acids is 2. The molecule has 33 heavy (non-hydrogen) atoms. The third kappa shape index (κ3) is 7.51. The van der Waals surface area contributed by atoms with Gasteiger partial charge in [0.25, 0.3) is 5.91 Å². The molecule has 3 N–H and O–H groups in total. The van der Waals surface area contributed by atoms with Crippen LogP contribution in [0.1, 0.15) is 16.1 Å². The first-order valence-electron chi connectivity index (χ1n) is 9.71. The molecule has 0 unspecified atom stereocenters. The number of anilines is 1. The summed E-state index contributed by atoms with van der Waals surface area (Å²) in [5, 5.41) is 7.88. The molecule has 0 fully saturated rings. The van der Waals surface area contributed by atoms with Crippen molar-refractivity contribution in [3.8, 4) is 17.2 Å². The second-order valence-electron chi connectivity index (χ2n) is 6.82. The average Bonchev–Trinajstić information content (AvgIpc) is 2.78. The molecule has 0 spiro atoms. The van der Waals surface area contributed by atoms with Crippen LogP contribution in [0, 0.1) is 0 Å². The fraction of sp³-hybridized carbons (Fsp3) is 0.136. The Balaban J connectivity index is 1.50. The summed E-state index contributed by atoms with van der Waals surface area (Å²) in [6.45, 7) is 0.275. The molecule has 0 bridgehead atoms. The summed E-state index contributed by atoms with van der Waals surface area (Å²) >= 11 is 0. The van der Waals surface area contributed by atoms with E-state index in [0.717, 1.165) is 11.8 Å². The number of nitrogens with zero attached hydrogens (tertiary/aromatic N) is 1. The van der Waals surface area contributed by atoms with Crippen LogP contribution in [0.5, 0.6) is 17.2 Å².